The highest BCUT2D eigenvalue weighted by molar-refractivity contribution is 6.03. The van der Waals surface area contributed by atoms with Crippen molar-refractivity contribution >= 4 is 28.9 Å². The Balaban J connectivity index is 1.54. The first-order valence-corrected chi connectivity index (χ1v) is 8.51. The van der Waals surface area contributed by atoms with Crippen molar-refractivity contribution < 1.29 is 14.0 Å². The molecule has 0 fully saturated rings. The summed E-state index contributed by atoms with van der Waals surface area (Å²) in [5.41, 5.74) is 4.99. The summed E-state index contributed by atoms with van der Waals surface area (Å²) in [4.78, 5) is 31.0. The van der Waals surface area contributed by atoms with Crippen molar-refractivity contribution in [3.8, 4) is 0 Å². The highest BCUT2D eigenvalue weighted by atomic mass is 16.4. The average molecular weight is 349 g/mol. The van der Waals surface area contributed by atoms with E-state index in [0.717, 1.165) is 16.7 Å². The van der Waals surface area contributed by atoms with E-state index in [1.54, 1.807) is 17.9 Å². The lowest BCUT2D eigenvalue weighted by molar-refractivity contribution is -0.120. The molecule has 1 aromatic heterocycles. The zero-order valence-corrected chi connectivity index (χ0v) is 14.9. The van der Waals surface area contributed by atoms with Crippen LogP contribution in [0.25, 0.3) is 11.1 Å². The molecule has 0 spiro atoms. The molecule has 0 radical (unpaired) electrons. The first-order valence-electron chi connectivity index (χ1n) is 8.51. The molecule has 0 saturated carbocycles. The Morgan fingerprint density at radius 2 is 2.04 bits per heavy atom. The van der Waals surface area contributed by atoms with Crippen LogP contribution < -0.4 is 5.32 Å². The van der Waals surface area contributed by atoms with Gasteiger partial charge >= 0.3 is 6.01 Å². The lowest BCUT2D eigenvalue weighted by Crippen LogP contribution is -2.42. The second-order valence-electron chi connectivity index (χ2n) is 6.70. The molecule has 0 unspecified atom stereocenters. The van der Waals surface area contributed by atoms with Crippen LogP contribution in [-0.4, -0.2) is 27.7 Å². The summed E-state index contributed by atoms with van der Waals surface area (Å²) >= 11 is 0. The van der Waals surface area contributed by atoms with E-state index in [9.17, 15) is 9.59 Å². The highest BCUT2D eigenvalue weighted by Gasteiger charge is 2.34. The summed E-state index contributed by atoms with van der Waals surface area (Å²) in [6.07, 6.45) is 0. The number of oxazole rings is 1. The molecule has 132 valence electrons. The fraction of sp³-hybridized carbons (Fsp3) is 0.250. The number of aryl methyl sites for hydroxylation is 2. The van der Waals surface area contributed by atoms with Crippen LogP contribution in [-0.2, 0) is 11.3 Å². The van der Waals surface area contributed by atoms with Crippen molar-refractivity contribution in [1.29, 1.82) is 0 Å². The van der Waals surface area contributed by atoms with E-state index in [1.165, 1.54) is 0 Å². The molecule has 0 saturated heterocycles. The van der Waals surface area contributed by atoms with Crippen molar-refractivity contribution in [2.24, 2.45) is 0 Å². The summed E-state index contributed by atoms with van der Waals surface area (Å²) < 4.78 is 5.68. The standard InChI is InChI=1S/C20H19N3O3/c1-11-8-12(2)17-16(9-11)21-20(26-17)22-18(24)13(3)23-10-14-6-4-5-7-15(14)19(23)25/h4-9,13H,10H2,1-3H3,(H,21,22,24)/t13-/m1/s1. The quantitative estimate of drug-likeness (QED) is 0.786. The Morgan fingerprint density at radius 3 is 2.81 bits per heavy atom. The second kappa shape index (κ2) is 5.98. The topological polar surface area (TPSA) is 75.4 Å². The van der Waals surface area contributed by atoms with E-state index >= 15 is 0 Å². The third-order valence-corrected chi connectivity index (χ3v) is 4.75. The van der Waals surface area contributed by atoms with E-state index in [4.69, 9.17) is 4.42 Å². The molecule has 26 heavy (non-hydrogen) atoms. The van der Waals surface area contributed by atoms with Gasteiger partial charge in [-0.15, -0.1) is 0 Å². The summed E-state index contributed by atoms with van der Waals surface area (Å²) in [7, 11) is 0. The Hall–Kier alpha value is -3.15. The number of benzene rings is 2. The lowest BCUT2D eigenvalue weighted by atomic mass is 10.1. The molecule has 1 atom stereocenters. The summed E-state index contributed by atoms with van der Waals surface area (Å²) in [6, 6.07) is 10.8. The summed E-state index contributed by atoms with van der Waals surface area (Å²) in [6.45, 7) is 6.06. The molecule has 0 bridgehead atoms. The predicted molar refractivity (Wildman–Crippen MR) is 97.9 cm³/mol. The fourth-order valence-corrected chi connectivity index (χ4v) is 3.37. The lowest BCUT2D eigenvalue weighted by Gasteiger charge is -2.22. The van der Waals surface area contributed by atoms with Gasteiger partial charge in [0, 0.05) is 12.1 Å². The van der Waals surface area contributed by atoms with Crippen LogP contribution >= 0.6 is 0 Å². The summed E-state index contributed by atoms with van der Waals surface area (Å²) in [5.74, 6) is -0.459. The van der Waals surface area contributed by atoms with Crippen LogP contribution in [0.3, 0.4) is 0 Å². The molecule has 6 heteroatoms. The molecule has 0 aliphatic carbocycles. The molecule has 6 nitrogen and oxygen atoms in total. The normalized spacial score (nSPS) is 14.6. The zero-order valence-electron chi connectivity index (χ0n) is 14.9. The van der Waals surface area contributed by atoms with Crippen molar-refractivity contribution in [2.75, 3.05) is 5.32 Å². The number of rotatable bonds is 3. The monoisotopic (exact) mass is 349 g/mol. The molecule has 2 aromatic carbocycles. The number of hydrogen-bond acceptors (Lipinski definition) is 4. The largest absolute Gasteiger partial charge is 0.423 e. The van der Waals surface area contributed by atoms with Crippen LogP contribution in [0.5, 0.6) is 0 Å². The van der Waals surface area contributed by atoms with Gasteiger partial charge in [-0.25, -0.2) is 0 Å². The number of carbonyl (C=O) groups excluding carboxylic acids is 2. The number of nitrogens with zero attached hydrogens (tertiary/aromatic N) is 2. The Morgan fingerprint density at radius 1 is 1.27 bits per heavy atom. The zero-order chi connectivity index (χ0) is 18.4. The Labute approximate surface area is 150 Å². The fourth-order valence-electron chi connectivity index (χ4n) is 3.37. The van der Waals surface area contributed by atoms with E-state index in [-0.39, 0.29) is 17.8 Å². The molecular weight excluding hydrogens is 330 g/mol. The number of amides is 2. The highest BCUT2D eigenvalue weighted by Crippen LogP contribution is 2.26. The first-order chi connectivity index (χ1) is 12.4. The molecule has 1 N–H and O–H groups in total. The maximum atomic E-state index is 12.6. The maximum Gasteiger partial charge on any atom is 0.302 e. The van der Waals surface area contributed by atoms with Gasteiger partial charge in [-0.3, -0.25) is 14.9 Å². The number of carbonyl (C=O) groups is 2. The number of anilines is 1. The van der Waals surface area contributed by atoms with Crippen LogP contribution in [0.15, 0.2) is 40.8 Å². The molecular formula is C20H19N3O3. The molecule has 2 amide bonds. The van der Waals surface area contributed by atoms with E-state index in [1.807, 2.05) is 44.2 Å². The first kappa shape index (κ1) is 16.3. The molecule has 4 rings (SSSR count). The van der Waals surface area contributed by atoms with Crippen molar-refractivity contribution in [2.45, 2.75) is 33.4 Å². The van der Waals surface area contributed by atoms with Gasteiger partial charge in [-0.2, -0.15) is 4.98 Å². The van der Waals surface area contributed by atoms with Gasteiger partial charge in [0.1, 0.15) is 11.6 Å². The van der Waals surface area contributed by atoms with Gasteiger partial charge in [0.05, 0.1) is 0 Å². The average Bonchev–Trinajstić information content (AvgIpc) is 3.15. The van der Waals surface area contributed by atoms with Gasteiger partial charge in [-0.05, 0) is 49.6 Å². The SMILES string of the molecule is Cc1cc(C)c2oc(NC(=O)[C@@H](C)N3Cc4ccccc4C3=O)nc2c1. The number of aromatic nitrogens is 1. The van der Waals surface area contributed by atoms with Gasteiger partial charge in [-0.1, -0.05) is 24.3 Å². The van der Waals surface area contributed by atoms with Gasteiger partial charge in [0.25, 0.3) is 5.91 Å². The maximum absolute atomic E-state index is 12.6. The third-order valence-electron chi connectivity index (χ3n) is 4.75. The van der Waals surface area contributed by atoms with E-state index in [2.05, 4.69) is 10.3 Å². The number of fused-ring (bicyclic) bond motifs is 2. The van der Waals surface area contributed by atoms with Gasteiger partial charge in [0.2, 0.25) is 5.91 Å². The van der Waals surface area contributed by atoms with Crippen LogP contribution in [0.2, 0.25) is 0 Å². The van der Waals surface area contributed by atoms with E-state index in [0.29, 0.717) is 23.2 Å². The molecule has 2 heterocycles. The second-order valence-corrected chi connectivity index (χ2v) is 6.70. The Kier molecular flexibility index (Phi) is 3.76. The predicted octanol–water partition coefficient (Wildman–Crippen LogP) is 3.43. The molecule has 1 aliphatic rings. The van der Waals surface area contributed by atoms with Crippen molar-refractivity contribution in [1.82, 2.24) is 9.88 Å². The Bertz CT molecular complexity index is 1040. The van der Waals surface area contributed by atoms with Crippen molar-refractivity contribution in [3.63, 3.8) is 0 Å². The molecule has 3 aromatic rings. The van der Waals surface area contributed by atoms with Gasteiger partial charge < -0.3 is 9.32 Å². The molecule has 1 aliphatic heterocycles. The minimum absolute atomic E-state index is 0.132. The minimum atomic E-state index is -0.632. The van der Waals surface area contributed by atoms with Crippen LogP contribution in [0.4, 0.5) is 6.01 Å². The number of nitrogens with one attached hydrogen (secondary N) is 1. The summed E-state index contributed by atoms with van der Waals surface area (Å²) in [5, 5.41) is 2.69. The van der Waals surface area contributed by atoms with Crippen molar-refractivity contribution in [3.05, 3.63) is 58.7 Å². The van der Waals surface area contributed by atoms with Crippen LogP contribution in [0.1, 0.15) is 34.0 Å². The third kappa shape index (κ3) is 2.63. The van der Waals surface area contributed by atoms with Crippen LogP contribution in [0, 0.1) is 13.8 Å². The van der Waals surface area contributed by atoms with E-state index < -0.39 is 6.04 Å². The minimum Gasteiger partial charge on any atom is -0.423 e. The van der Waals surface area contributed by atoms with Gasteiger partial charge in [0.15, 0.2) is 5.58 Å². The smallest absolute Gasteiger partial charge is 0.302 e. The number of hydrogen-bond donors (Lipinski definition) is 1.